The van der Waals surface area contributed by atoms with Crippen LogP contribution in [0.3, 0.4) is 0 Å². The first-order chi connectivity index (χ1) is 22.8. The molecule has 1 heterocycles. The average molecular weight is 618 g/mol. The maximum absolute atomic E-state index is 5.20. The summed E-state index contributed by atoms with van der Waals surface area (Å²) in [4.78, 5) is 14.9. The van der Waals surface area contributed by atoms with Crippen molar-refractivity contribution in [3.63, 3.8) is 0 Å². The maximum atomic E-state index is 5.20. The van der Waals surface area contributed by atoms with Gasteiger partial charge >= 0.3 is 0 Å². The molecule has 0 radical (unpaired) electrons. The summed E-state index contributed by atoms with van der Waals surface area (Å²) in [7, 11) is 0. The first kappa shape index (κ1) is 33.5. The number of hydrogen-bond acceptors (Lipinski definition) is 2. The molecule has 0 aromatic heterocycles. The maximum Gasteiger partial charge on any atom is 0.155 e. The van der Waals surface area contributed by atoms with E-state index >= 15 is 0 Å². The summed E-state index contributed by atoms with van der Waals surface area (Å²) in [5.74, 6) is 0.776. The van der Waals surface area contributed by atoms with Gasteiger partial charge in [0.25, 0.3) is 0 Å². The second-order valence-electron chi connectivity index (χ2n) is 12.7. The largest absolute Gasteiger partial charge is 0.261 e. The minimum atomic E-state index is -0.136. The molecule has 1 unspecified atom stereocenters. The van der Waals surface area contributed by atoms with Crippen LogP contribution in [0.4, 0.5) is 0 Å². The van der Waals surface area contributed by atoms with Gasteiger partial charge in [-0.2, -0.15) is 0 Å². The SMILES string of the molecule is C=C/C=C(\C=C/C)c1ccc(C(C)=NC(=NC(C)c2ccc(C(C)(C)c3ccc(C4=CCCC=N4)cc3)cc2)C2=CCCC=C2)cc1. The van der Waals surface area contributed by atoms with E-state index in [-0.39, 0.29) is 11.5 Å². The summed E-state index contributed by atoms with van der Waals surface area (Å²) in [6, 6.07) is 26.3. The zero-order valence-corrected chi connectivity index (χ0v) is 28.6. The van der Waals surface area contributed by atoms with Crippen molar-refractivity contribution in [2.24, 2.45) is 15.0 Å². The van der Waals surface area contributed by atoms with E-state index in [1.54, 1.807) is 0 Å². The van der Waals surface area contributed by atoms with E-state index in [1.165, 1.54) is 22.3 Å². The molecule has 2 aliphatic rings. The lowest BCUT2D eigenvalue weighted by atomic mass is 9.77. The number of benzene rings is 3. The van der Waals surface area contributed by atoms with Gasteiger partial charge in [-0.25, -0.2) is 4.99 Å². The van der Waals surface area contributed by atoms with Gasteiger partial charge in [-0.15, -0.1) is 0 Å². The van der Waals surface area contributed by atoms with Crippen molar-refractivity contribution < 1.29 is 0 Å². The molecule has 0 N–H and O–H groups in total. The van der Waals surface area contributed by atoms with E-state index in [4.69, 9.17) is 9.98 Å². The van der Waals surface area contributed by atoms with E-state index in [9.17, 15) is 0 Å². The van der Waals surface area contributed by atoms with Crippen LogP contribution in [0.1, 0.15) is 99.7 Å². The molecule has 47 heavy (non-hydrogen) atoms. The third-order valence-corrected chi connectivity index (χ3v) is 9.00. The summed E-state index contributed by atoms with van der Waals surface area (Å²) in [6.45, 7) is 14.7. The Morgan fingerprint density at radius 2 is 1.51 bits per heavy atom. The fourth-order valence-electron chi connectivity index (χ4n) is 5.99. The standard InChI is InChI=1S/C44H47N3/c1-7-14-36(15-8-2)37-21-19-34(20-22-37)32(3)46-43(39-16-10-9-11-17-39)47-33(4)35-23-27-40(28-24-35)44(5,6)41-29-25-38(26-30-41)42-18-12-13-31-45-42/h7-8,10,14-31,33H,1,9,11-13H2,2-6H3/b15-8-,36-14+,46-32?,47-43?. The second-order valence-corrected chi connectivity index (χ2v) is 12.7. The predicted molar refractivity (Wildman–Crippen MR) is 205 cm³/mol. The Balaban J connectivity index is 1.37. The van der Waals surface area contributed by atoms with Gasteiger partial charge in [0, 0.05) is 22.9 Å². The number of rotatable bonds is 10. The van der Waals surface area contributed by atoms with Gasteiger partial charge in [-0.05, 0) is 85.4 Å². The van der Waals surface area contributed by atoms with Crippen molar-refractivity contribution in [2.75, 3.05) is 0 Å². The van der Waals surface area contributed by atoms with Gasteiger partial charge in [0.15, 0.2) is 5.84 Å². The van der Waals surface area contributed by atoms with Gasteiger partial charge in [0.05, 0.1) is 11.7 Å². The molecule has 0 saturated heterocycles. The molecule has 1 aliphatic heterocycles. The summed E-state index contributed by atoms with van der Waals surface area (Å²) >= 11 is 0. The van der Waals surface area contributed by atoms with Gasteiger partial charge in [0.1, 0.15) is 0 Å². The molecule has 238 valence electrons. The Hall–Kier alpha value is -4.89. The van der Waals surface area contributed by atoms with Crippen LogP contribution >= 0.6 is 0 Å². The Bertz CT molecular complexity index is 1800. The molecule has 5 rings (SSSR count). The van der Waals surface area contributed by atoms with E-state index < -0.39 is 0 Å². The number of aliphatic imine (C=N–C) groups is 3. The molecule has 3 heteroatoms. The van der Waals surface area contributed by atoms with Crippen LogP contribution in [0.5, 0.6) is 0 Å². The monoisotopic (exact) mass is 617 g/mol. The first-order valence-electron chi connectivity index (χ1n) is 16.8. The molecule has 3 aromatic carbocycles. The predicted octanol–water partition coefficient (Wildman–Crippen LogP) is 11.6. The highest BCUT2D eigenvalue weighted by Crippen LogP contribution is 2.34. The molecule has 0 saturated carbocycles. The lowest BCUT2D eigenvalue weighted by molar-refractivity contribution is 0.639. The number of nitrogens with zero attached hydrogens (tertiary/aromatic N) is 3. The van der Waals surface area contributed by atoms with Crippen molar-refractivity contribution in [3.8, 4) is 0 Å². The van der Waals surface area contributed by atoms with Crippen molar-refractivity contribution in [1.29, 1.82) is 0 Å². The van der Waals surface area contributed by atoms with E-state index in [2.05, 4.69) is 142 Å². The van der Waals surface area contributed by atoms with Gasteiger partial charge < -0.3 is 0 Å². The Kier molecular flexibility index (Phi) is 11.1. The minimum Gasteiger partial charge on any atom is -0.261 e. The molecule has 3 aromatic rings. The summed E-state index contributed by atoms with van der Waals surface area (Å²) < 4.78 is 0. The fraction of sp³-hybridized carbons (Fsp3) is 0.250. The lowest BCUT2D eigenvalue weighted by Gasteiger charge is -2.27. The van der Waals surface area contributed by atoms with Crippen LogP contribution in [0, 0.1) is 0 Å². The molecule has 0 amide bonds. The summed E-state index contributed by atoms with van der Waals surface area (Å²) in [6.07, 6.45) is 23.0. The van der Waals surface area contributed by atoms with Crippen molar-refractivity contribution in [3.05, 3.63) is 167 Å². The van der Waals surface area contributed by atoms with Crippen LogP contribution in [-0.2, 0) is 5.41 Å². The molecule has 1 atom stereocenters. The fourth-order valence-corrected chi connectivity index (χ4v) is 5.99. The van der Waals surface area contributed by atoms with E-state index in [0.717, 1.165) is 65.2 Å². The molecule has 3 nitrogen and oxygen atoms in total. The molecule has 0 bridgehead atoms. The highest BCUT2D eigenvalue weighted by Gasteiger charge is 2.23. The van der Waals surface area contributed by atoms with Crippen LogP contribution < -0.4 is 0 Å². The highest BCUT2D eigenvalue weighted by molar-refractivity contribution is 6.12. The number of hydrogen-bond donors (Lipinski definition) is 0. The molecule has 1 aliphatic carbocycles. The number of allylic oxidation sites excluding steroid dienone is 8. The Labute approximate surface area is 282 Å². The zero-order valence-electron chi connectivity index (χ0n) is 28.6. The first-order valence-corrected chi connectivity index (χ1v) is 16.8. The summed E-state index contributed by atoms with van der Waals surface area (Å²) in [5, 5.41) is 0. The minimum absolute atomic E-state index is 0.0478. The van der Waals surface area contributed by atoms with Crippen LogP contribution in [0.15, 0.2) is 149 Å². The van der Waals surface area contributed by atoms with Crippen molar-refractivity contribution in [1.82, 2.24) is 0 Å². The van der Waals surface area contributed by atoms with Gasteiger partial charge in [-0.3, -0.25) is 9.98 Å². The molecule has 0 fully saturated rings. The van der Waals surface area contributed by atoms with Gasteiger partial charge in [0.2, 0.25) is 0 Å². The van der Waals surface area contributed by atoms with Crippen molar-refractivity contribution in [2.45, 2.75) is 71.8 Å². The average Bonchev–Trinajstić information content (AvgIpc) is 3.12. The Morgan fingerprint density at radius 1 is 0.851 bits per heavy atom. The van der Waals surface area contributed by atoms with Crippen LogP contribution in [0.2, 0.25) is 0 Å². The zero-order chi connectivity index (χ0) is 33.2. The van der Waals surface area contributed by atoms with E-state index in [0.29, 0.717) is 0 Å². The molecule has 0 spiro atoms. The normalized spacial score (nSPS) is 16.7. The Morgan fingerprint density at radius 3 is 2.11 bits per heavy atom. The topological polar surface area (TPSA) is 37.1 Å². The highest BCUT2D eigenvalue weighted by atomic mass is 14.9. The van der Waals surface area contributed by atoms with E-state index in [1.807, 2.05) is 31.4 Å². The summed E-state index contributed by atoms with van der Waals surface area (Å²) in [5.41, 5.74) is 11.2. The second kappa shape index (κ2) is 15.6. The third kappa shape index (κ3) is 8.29. The smallest absolute Gasteiger partial charge is 0.155 e. The van der Waals surface area contributed by atoms with Crippen molar-refractivity contribution >= 4 is 29.0 Å². The number of amidine groups is 1. The molecular weight excluding hydrogens is 571 g/mol. The van der Waals surface area contributed by atoms with Gasteiger partial charge in [-0.1, -0.05) is 142 Å². The third-order valence-electron chi connectivity index (χ3n) is 9.00. The van der Waals surface area contributed by atoms with Crippen LogP contribution in [0.25, 0.3) is 11.3 Å². The van der Waals surface area contributed by atoms with Crippen LogP contribution in [-0.4, -0.2) is 17.8 Å². The lowest BCUT2D eigenvalue weighted by Crippen LogP contribution is -2.19. The molecular formula is C44H47N3. The quantitative estimate of drug-likeness (QED) is 0.123.